The Bertz CT molecular complexity index is 3020. The van der Waals surface area contributed by atoms with Crippen molar-refractivity contribution < 1.29 is 56.8 Å². The van der Waals surface area contributed by atoms with Crippen LogP contribution >= 0.6 is 0 Å². The number of nitrogens with one attached hydrogen (secondary N) is 4. The van der Waals surface area contributed by atoms with Gasteiger partial charge in [-0.05, 0) is 73.6 Å². The monoisotopic (exact) mass is 1170 g/mol. The summed E-state index contributed by atoms with van der Waals surface area (Å²) in [5.74, 6) is -9.78. The van der Waals surface area contributed by atoms with Crippen LogP contribution in [0.3, 0.4) is 0 Å². The Labute approximate surface area is 488 Å². The molecule has 4 N–H and O–H groups in total. The highest BCUT2D eigenvalue weighted by molar-refractivity contribution is 6.00. The molecular weight excluding hydrogens is 1080 g/mol. The molecule has 10 amide bonds. The van der Waals surface area contributed by atoms with Gasteiger partial charge in [-0.3, -0.25) is 57.5 Å². The molecule has 0 radical (unpaired) electrons. The Morgan fingerprint density at radius 2 is 0.774 bits per heavy atom. The minimum Gasteiger partial charge on any atom is -0.451 e. The van der Waals surface area contributed by atoms with Gasteiger partial charge in [-0.1, -0.05) is 79.7 Å². The summed E-state index contributed by atoms with van der Waals surface area (Å²) < 4.78 is 11.6. The van der Waals surface area contributed by atoms with E-state index in [9.17, 15) is 57.5 Å². The second-order valence-electron chi connectivity index (χ2n) is 23.4. The molecule has 456 valence electrons. The molecule has 4 aromatic rings. The first-order valence-electron chi connectivity index (χ1n) is 28.2. The lowest BCUT2D eigenvalue weighted by Gasteiger charge is -2.36. The van der Waals surface area contributed by atoms with E-state index in [1.807, 2.05) is 55.4 Å². The largest absolute Gasteiger partial charge is 0.451 e. The molecular formula is C60H82N10O14. The van der Waals surface area contributed by atoms with Crippen molar-refractivity contribution in [2.24, 2.45) is 23.7 Å². The highest BCUT2D eigenvalue weighted by atomic mass is 16.4. The maximum Gasteiger partial charge on any atom is 0.287 e. The van der Waals surface area contributed by atoms with E-state index < -0.39 is 144 Å². The van der Waals surface area contributed by atoms with Crippen LogP contribution in [-0.4, -0.2) is 193 Å². The van der Waals surface area contributed by atoms with Crippen LogP contribution in [0.1, 0.15) is 102 Å². The molecule has 0 spiro atoms. The highest BCUT2D eigenvalue weighted by Gasteiger charge is 2.40. The Morgan fingerprint density at radius 3 is 1.10 bits per heavy atom. The van der Waals surface area contributed by atoms with Gasteiger partial charge in [-0.15, -0.1) is 0 Å². The van der Waals surface area contributed by atoms with Gasteiger partial charge in [0, 0.05) is 67.5 Å². The van der Waals surface area contributed by atoms with Crippen molar-refractivity contribution >= 4 is 81.0 Å². The molecule has 1 aliphatic rings. The minimum atomic E-state index is -1.63. The van der Waals surface area contributed by atoms with Gasteiger partial charge in [0.25, 0.3) is 11.8 Å². The fourth-order valence-corrected chi connectivity index (χ4v) is 9.89. The molecule has 24 nitrogen and oxygen atoms in total. The van der Waals surface area contributed by atoms with Crippen LogP contribution in [0.25, 0.3) is 21.9 Å². The standard InChI is InChI=1S/C60H82N10O14/c1-33(2)23-41-53(75)61-29-39(63-55(77)49-27-45(71)37-19-15-17-21-47(37)83-49)57(79)69(13)44(26-36(7)8)60(82)66(10)32-52(74)68(12)42(24-34(3)4)54(76)62-30-40(64-56(78)50-28-46(72)38-20-16-18-22-48(38)84-50)58(80)70(14)43(25-35(5)6)59(81)65(9)31-51(73)67(41)11/h15-22,27-28,33-36,39-44H,23-26,29-32H2,1-14H3,(H,61,75)(H,62,76)(H,63,77)(H,64,78)/t39-,40-,41-,42-,43-,44-/m0/s1. The van der Waals surface area contributed by atoms with Crippen LogP contribution in [-0.2, 0) is 38.4 Å². The average Bonchev–Trinajstić information content (AvgIpc) is 3.59. The SMILES string of the molecule is CC(C)C[C@H]1C(=O)NC[C@H](NC(=O)c2cc(=O)c3ccccc3o2)C(=O)N(C)[C@@H](CC(C)C)C(=O)N(C)CC(=O)N(C)[C@@H](CC(C)C)C(=O)NC[C@H](NC(=O)c2cc(=O)c3ccccc3o2)C(=O)N(C)[C@@H](CC(C)C)C(=O)N(C)CC(=O)N1C. The van der Waals surface area contributed by atoms with Gasteiger partial charge >= 0.3 is 0 Å². The summed E-state index contributed by atoms with van der Waals surface area (Å²) >= 11 is 0. The smallest absolute Gasteiger partial charge is 0.287 e. The molecule has 2 aromatic carbocycles. The third-order valence-corrected chi connectivity index (χ3v) is 14.7. The number of likely N-dealkylation sites (N-methyl/N-ethyl adjacent to an activating group) is 6. The summed E-state index contributed by atoms with van der Waals surface area (Å²) in [6, 6.07) is 6.14. The lowest BCUT2D eigenvalue weighted by molar-refractivity contribution is -0.149. The van der Waals surface area contributed by atoms with Crippen molar-refractivity contribution in [1.29, 1.82) is 0 Å². The first-order valence-corrected chi connectivity index (χ1v) is 28.2. The molecule has 1 saturated heterocycles. The number of carbonyl (C=O) groups is 10. The van der Waals surface area contributed by atoms with E-state index in [4.69, 9.17) is 8.83 Å². The fourth-order valence-electron chi connectivity index (χ4n) is 9.89. The lowest BCUT2D eigenvalue weighted by atomic mass is 9.99. The molecule has 0 unspecified atom stereocenters. The number of nitrogens with zero attached hydrogens (tertiary/aromatic N) is 6. The molecule has 0 bridgehead atoms. The van der Waals surface area contributed by atoms with E-state index in [2.05, 4.69) is 21.3 Å². The summed E-state index contributed by atoms with van der Waals surface area (Å²) in [6.45, 7) is 12.1. The van der Waals surface area contributed by atoms with E-state index in [1.165, 1.54) is 66.6 Å². The van der Waals surface area contributed by atoms with Crippen molar-refractivity contribution in [1.82, 2.24) is 50.7 Å². The zero-order valence-corrected chi connectivity index (χ0v) is 50.6. The van der Waals surface area contributed by atoms with Gasteiger partial charge < -0.3 is 59.5 Å². The summed E-state index contributed by atoms with van der Waals surface area (Å²) in [6.07, 6.45) is 0.276. The number of benzene rings is 2. The number of hydrogen-bond donors (Lipinski definition) is 4. The van der Waals surface area contributed by atoms with Gasteiger partial charge in [0.2, 0.25) is 47.3 Å². The maximum atomic E-state index is 14.9. The average molecular weight is 1170 g/mol. The van der Waals surface area contributed by atoms with Gasteiger partial charge in [-0.2, -0.15) is 0 Å². The van der Waals surface area contributed by atoms with Gasteiger partial charge in [-0.25, -0.2) is 0 Å². The van der Waals surface area contributed by atoms with Crippen LogP contribution < -0.4 is 32.1 Å². The first-order chi connectivity index (χ1) is 39.4. The Morgan fingerprint density at radius 1 is 0.464 bits per heavy atom. The van der Waals surface area contributed by atoms with E-state index >= 15 is 0 Å². The van der Waals surface area contributed by atoms with Crippen molar-refractivity contribution in [3.8, 4) is 0 Å². The third-order valence-electron chi connectivity index (χ3n) is 14.7. The maximum absolute atomic E-state index is 14.9. The normalized spacial score (nSPS) is 21.4. The number of rotatable bonds is 12. The molecule has 1 aliphatic heterocycles. The molecule has 0 aliphatic carbocycles. The quantitative estimate of drug-likeness (QED) is 0.159. The Balaban J connectivity index is 1.60. The summed E-state index contributed by atoms with van der Waals surface area (Å²) in [7, 11) is 8.10. The van der Waals surface area contributed by atoms with Gasteiger partial charge in [0.1, 0.15) is 47.4 Å². The predicted molar refractivity (Wildman–Crippen MR) is 313 cm³/mol. The van der Waals surface area contributed by atoms with Gasteiger partial charge in [0.05, 0.1) is 23.9 Å². The van der Waals surface area contributed by atoms with Crippen LogP contribution in [0.15, 0.2) is 79.1 Å². The van der Waals surface area contributed by atoms with E-state index in [0.29, 0.717) is 0 Å². The number of amides is 10. The molecule has 5 rings (SSSR count). The molecule has 2 aromatic heterocycles. The molecule has 3 heterocycles. The number of hydrogen-bond acceptors (Lipinski definition) is 14. The van der Waals surface area contributed by atoms with Crippen LogP contribution in [0.2, 0.25) is 0 Å². The second-order valence-corrected chi connectivity index (χ2v) is 23.4. The van der Waals surface area contributed by atoms with E-state index in [0.717, 1.165) is 41.5 Å². The second kappa shape index (κ2) is 29.2. The van der Waals surface area contributed by atoms with Gasteiger partial charge in [0.15, 0.2) is 22.4 Å². The van der Waals surface area contributed by atoms with Crippen LogP contribution in [0.5, 0.6) is 0 Å². The molecule has 24 heteroatoms. The zero-order chi connectivity index (χ0) is 62.6. The van der Waals surface area contributed by atoms with Crippen LogP contribution in [0, 0.1) is 23.7 Å². The summed E-state index contributed by atoms with van der Waals surface area (Å²) in [4.78, 5) is 178. The Kier molecular flexibility index (Phi) is 23.1. The number of fused-ring (bicyclic) bond motifs is 2. The lowest BCUT2D eigenvalue weighted by Crippen LogP contribution is -2.60. The van der Waals surface area contributed by atoms with Crippen molar-refractivity contribution in [2.75, 3.05) is 68.5 Å². The minimum absolute atomic E-state index is 0.0531. The first kappa shape index (κ1) is 66.4. The molecule has 84 heavy (non-hydrogen) atoms. The topological polar surface area (TPSA) is 299 Å². The van der Waals surface area contributed by atoms with Crippen molar-refractivity contribution in [3.05, 3.63) is 92.6 Å². The summed E-state index contributed by atoms with van der Waals surface area (Å²) in [5.41, 5.74) is -0.907. The zero-order valence-electron chi connectivity index (χ0n) is 50.6. The number of carbonyl (C=O) groups excluding carboxylic acids is 10. The van der Waals surface area contributed by atoms with Crippen LogP contribution in [0.4, 0.5) is 0 Å². The molecule has 6 atom stereocenters. The number of para-hydroxylation sites is 2. The fraction of sp³-hybridized carbons (Fsp3) is 0.533. The van der Waals surface area contributed by atoms with Crippen molar-refractivity contribution in [3.63, 3.8) is 0 Å². The van der Waals surface area contributed by atoms with E-state index in [-0.39, 0.29) is 71.3 Å². The molecule has 1 fully saturated rings. The highest BCUT2D eigenvalue weighted by Crippen LogP contribution is 2.21. The van der Waals surface area contributed by atoms with Crippen molar-refractivity contribution in [2.45, 2.75) is 117 Å². The van der Waals surface area contributed by atoms with E-state index in [1.54, 1.807) is 24.3 Å². The summed E-state index contributed by atoms with van der Waals surface area (Å²) in [5, 5.41) is 11.0. The third kappa shape index (κ3) is 16.9. The predicted octanol–water partition coefficient (Wildman–Crippen LogP) is 2.45. The Hall–Kier alpha value is -8.44. The molecule has 0 saturated carbocycles.